The van der Waals surface area contributed by atoms with E-state index < -0.39 is 0 Å². The zero-order valence-electron chi connectivity index (χ0n) is 12.8. The standard InChI is InChI=1S/C16H17N5O2/c1-10-17-14(20-23-10)9-21-8-4-7-13(21)15-18-12-6-3-2-5-11(12)16(22)19-15/h2-3,5-6,13H,4,7-9H2,1H3,(H,18,19,22). The maximum Gasteiger partial charge on any atom is 0.258 e. The van der Waals surface area contributed by atoms with Gasteiger partial charge in [-0.2, -0.15) is 4.98 Å². The normalized spacial score (nSPS) is 18.7. The first-order valence-corrected chi connectivity index (χ1v) is 7.73. The van der Waals surface area contributed by atoms with Gasteiger partial charge in [-0.05, 0) is 31.5 Å². The summed E-state index contributed by atoms with van der Waals surface area (Å²) in [5.41, 5.74) is 0.640. The van der Waals surface area contributed by atoms with E-state index in [9.17, 15) is 4.79 Å². The summed E-state index contributed by atoms with van der Waals surface area (Å²) in [6.45, 7) is 3.30. The molecule has 0 saturated carbocycles. The summed E-state index contributed by atoms with van der Waals surface area (Å²) in [5.74, 6) is 1.94. The predicted octanol–water partition coefficient (Wildman–Crippen LogP) is 1.95. The van der Waals surface area contributed by atoms with E-state index in [0.29, 0.717) is 29.5 Å². The smallest absolute Gasteiger partial charge is 0.258 e. The molecule has 1 fully saturated rings. The molecule has 0 bridgehead atoms. The predicted molar refractivity (Wildman–Crippen MR) is 83.8 cm³/mol. The molecule has 23 heavy (non-hydrogen) atoms. The topological polar surface area (TPSA) is 87.9 Å². The summed E-state index contributed by atoms with van der Waals surface area (Å²) in [5, 5.41) is 4.57. The first kappa shape index (κ1) is 14.1. The average molecular weight is 311 g/mol. The van der Waals surface area contributed by atoms with Crippen molar-refractivity contribution in [2.75, 3.05) is 6.54 Å². The lowest BCUT2D eigenvalue weighted by atomic mass is 10.2. The summed E-state index contributed by atoms with van der Waals surface area (Å²) >= 11 is 0. The Morgan fingerprint density at radius 1 is 1.35 bits per heavy atom. The first-order chi connectivity index (χ1) is 11.2. The van der Waals surface area contributed by atoms with Crippen LogP contribution in [0, 0.1) is 6.92 Å². The van der Waals surface area contributed by atoms with Crippen LogP contribution in [0.5, 0.6) is 0 Å². The summed E-state index contributed by atoms with van der Waals surface area (Å²) in [6, 6.07) is 7.48. The number of fused-ring (bicyclic) bond motifs is 1. The van der Waals surface area contributed by atoms with Crippen LogP contribution < -0.4 is 5.56 Å². The number of aromatic nitrogens is 4. The fourth-order valence-electron chi connectivity index (χ4n) is 3.17. The van der Waals surface area contributed by atoms with Gasteiger partial charge < -0.3 is 9.51 Å². The van der Waals surface area contributed by atoms with Crippen LogP contribution in [0.1, 0.15) is 36.4 Å². The Hall–Kier alpha value is -2.54. The largest absolute Gasteiger partial charge is 0.340 e. The summed E-state index contributed by atoms with van der Waals surface area (Å²) in [4.78, 5) is 26.4. The molecule has 1 atom stereocenters. The van der Waals surface area contributed by atoms with Gasteiger partial charge in [-0.15, -0.1) is 0 Å². The van der Waals surface area contributed by atoms with Crippen LogP contribution in [-0.2, 0) is 6.54 Å². The molecule has 4 rings (SSSR count). The maximum absolute atomic E-state index is 12.3. The van der Waals surface area contributed by atoms with Gasteiger partial charge in [-0.1, -0.05) is 17.3 Å². The Bertz CT molecular complexity index is 901. The molecule has 3 aromatic rings. The lowest BCUT2D eigenvalue weighted by molar-refractivity contribution is 0.230. The highest BCUT2D eigenvalue weighted by molar-refractivity contribution is 5.77. The second kappa shape index (κ2) is 5.58. The van der Waals surface area contributed by atoms with Crippen LogP contribution in [0.15, 0.2) is 33.6 Å². The molecule has 0 aliphatic carbocycles. The van der Waals surface area contributed by atoms with Crippen molar-refractivity contribution in [1.29, 1.82) is 0 Å². The molecule has 7 heteroatoms. The third-order valence-corrected chi connectivity index (χ3v) is 4.22. The van der Waals surface area contributed by atoms with E-state index in [1.807, 2.05) is 18.2 Å². The van der Waals surface area contributed by atoms with Crippen molar-refractivity contribution in [3.05, 3.63) is 52.2 Å². The van der Waals surface area contributed by atoms with E-state index in [2.05, 4.69) is 25.0 Å². The van der Waals surface area contributed by atoms with Gasteiger partial charge in [0.25, 0.3) is 5.56 Å². The Morgan fingerprint density at radius 3 is 3.04 bits per heavy atom. The van der Waals surface area contributed by atoms with E-state index in [1.165, 1.54) is 0 Å². The number of aryl methyl sites for hydroxylation is 1. The Balaban J connectivity index is 1.67. The molecule has 1 N–H and O–H groups in total. The molecule has 3 heterocycles. The number of benzene rings is 1. The SMILES string of the molecule is Cc1nc(CN2CCCC2c2nc3ccccc3c(=O)[nH]2)no1. The molecule has 118 valence electrons. The van der Waals surface area contributed by atoms with Gasteiger partial charge in [0, 0.05) is 6.92 Å². The van der Waals surface area contributed by atoms with Gasteiger partial charge in [0.2, 0.25) is 5.89 Å². The lowest BCUT2D eigenvalue weighted by Crippen LogP contribution is -2.26. The monoisotopic (exact) mass is 311 g/mol. The zero-order chi connectivity index (χ0) is 15.8. The van der Waals surface area contributed by atoms with Gasteiger partial charge in [0.15, 0.2) is 5.82 Å². The third kappa shape index (κ3) is 2.63. The molecule has 1 saturated heterocycles. The molecule has 1 unspecified atom stereocenters. The van der Waals surface area contributed by atoms with Crippen molar-refractivity contribution in [1.82, 2.24) is 25.0 Å². The van der Waals surface area contributed by atoms with Crippen molar-refractivity contribution in [3.63, 3.8) is 0 Å². The fraction of sp³-hybridized carbons (Fsp3) is 0.375. The van der Waals surface area contributed by atoms with Crippen LogP contribution >= 0.6 is 0 Å². The number of hydrogen-bond acceptors (Lipinski definition) is 6. The van der Waals surface area contributed by atoms with Crippen LogP contribution in [0.25, 0.3) is 10.9 Å². The molecular weight excluding hydrogens is 294 g/mol. The molecule has 1 aliphatic heterocycles. The first-order valence-electron chi connectivity index (χ1n) is 7.73. The van der Waals surface area contributed by atoms with Crippen molar-refractivity contribution < 1.29 is 4.52 Å². The molecule has 1 aliphatic rings. The van der Waals surface area contributed by atoms with Crippen LogP contribution in [0.3, 0.4) is 0 Å². The quantitative estimate of drug-likeness (QED) is 0.795. The molecule has 7 nitrogen and oxygen atoms in total. The van der Waals surface area contributed by atoms with Crippen molar-refractivity contribution in [2.24, 2.45) is 0 Å². The van der Waals surface area contributed by atoms with Crippen LogP contribution in [-0.4, -0.2) is 31.6 Å². The number of rotatable bonds is 3. The Kier molecular flexibility index (Phi) is 3.42. The van der Waals surface area contributed by atoms with Crippen LogP contribution in [0.2, 0.25) is 0 Å². The number of aromatic amines is 1. The van der Waals surface area contributed by atoms with E-state index in [-0.39, 0.29) is 11.6 Å². The fourth-order valence-corrected chi connectivity index (χ4v) is 3.17. The molecule has 0 amide bonds. The minimum absolute atomic E-state index is 0.0751. The highest BCUT2D eigenvalue weighted by atomic mass is 16.5. The van der Waals surface area contributed by atoms with E-state index in [0.717, 1.165) is 24.9 Å². The summed E-state index contributed by atoms with van der Waals surface area (Å²) in [7, 11) is 0. The second-order valence-corrected chi connectivity index (χ2v) is 5.83. The molecule has 1 aromatic carbocycles. The Labute approximate surface area is 132 Å². The average Bonchev–Trinajstić information content (AvgIpc) is 3.17. The summed E-state index contributed by atoms with van der Waals surface area (Å²) < 4.78 is 5.03. The van der Waals surface area contributed by atoms with Crippen molar-refractivity contribution >= 4 is 10.9 Å². The Morgan fingerprint density at radius 2 is 2.22 bits per heavy atom. The van der Waals surface area contributed by atoms with Crippen molar-refractivity contribution in [2.45, 2.75) is 32.4 Å². The number of nitrogens with one attached hydrogen (secondary N) is 1. The number of nitrogens with zero attached hydrogens (tertiary/aromatic N) is 4. The van der Waals surface area contributed by atoms with Gasteiger partial charge >= 0.3 is 0 Å². The second-order valence-electron chi connectivity index (χ2n) is 5.83. The van der Waals surface area contributed by atoms with E-state index >= 15 is 0 Å². The van der Waals surface area contributed by atoms with E-state index in [1.54, 1.807) is 13.0 Å². The number of H-pyrrole nitrogens is 1. The van der Waals surface area contributed by atoms with Crippen LogP contribution in [0.4, 0.5) is 0 Å². The van der Waals surface area contributed by atoms with Gasteiger partial charge in [-0.25, -0.2) is 4.98 Å². The zero-order valence-corrected chi connectivity index (χ0v) is 12.8. The van der Waals surface area contributed by atoms with Gasteiger partial charge in [0.1, 0.15) is 5.82 Å². The minimum Gasteiger partial charge on any atom is -0.340 e. The summed E-state index contributed by atoms with van der Waals surface area (Å²) in [6.07, 6.45) is 2.01. The third-order valence-electron chi connectivity index (χ3n) is 4.22. The number of likely N-dealkylation sites (tertiary alicyclic amines) is 1. The van der Waals surface area contributed by atoms with Crippen molar-refractivity contribution in [3.8, 4) is 0 Å². The van der Waals surface area contributed by atoms with Gasteiger partial charge in [-0.3, -0.25) is 9.69 Å². The number of para-hydroxylation sites is 1. The molecule has 0 radical (unpaired) electrons. The molecule has 0 spiro atoms. The highest BCUT2D eigenvalue weighted by Crippen LogP contribution is 2.30. The van der Waals surface area contributed by atoms with E-state index in [4.69, 9.17) is 4.52 Å². The maximum atomic E-state index is 12.3. The number of hydrogen-bond donors (Lipinski definition) is 1. The lowest BCUT2D eigenvalue weighted by Gasteiger charge is -2.22. The minimum atomic E-state index is -0.0899. The van der Waals surface area contributed by atoms with Gasteiger partial charge in [0.05, 0.1) is 23.5 Å². The molecular formula is C16H17N5O2. The highest BCUT2D eigenvalue weighted by Gasteiger charge is 2.29. The molecule has 2 aromatic heterocycles.